The number of imidazole rings is 2. The standard InChI is InChI=1S/C34H35N7O4/c1-40-11-3-5-27(40)33-37-25-10-8-19-14-24-22-9-7-20(13-21(22)18-45-29(24)15-23(19)31(25)39-33)26-16-35-32(38-26)28-6-4-12-41(28)30(42)17-36-34(43)44-2/h7-10,13-16,27-28H,3-6,11-12,17-18H2,1-2H3,(H,35,38)(H,36,43)(H,37,39)/t27-,28?/m0/s1. The molecule has 0 spiro atoms. The first-order valence-corrected chi connectivity index (χ1v) is 15.6. The number of ether oxygens (including phenoxy) is 2. The van der Waals surface area contributed by atoms with Crippen LogP contribution < -0.4 is 10.1 Å². The van der Waals surface area contributed by atoms with E-state index < -0.39 is 6.09 Å². The number of carbonyl (C=O) groups excluding carboxylic acids is 2. The van der Waals surface area contributed by atoms with E-state index in [0.29, 0.717) is 19.2 Å². The normalized spacial score (nSPS) is 19.5. The van der Waals surface area contributed by atoms with Gasteiger partial charge in [0.1, 0.15) is 30.5 Å². The molecule has 0 bridgehead atoms. The lowest BCUT2D eigenvalue weighted by molar-refractivity contribution is -0.131. The van der Waals surface area contributed by atoms with Crippen molar-refractivity contribution in [2.75, 3.05) is 33.8 Å². The molecule has 5 heterocycles. The number of likely N-dealkylation sites (tertiary alicyclic amines) is 2. The Morgan fingerprint density at radius 2 is 1.89 bits per heavy atom. The van der Waals surface area contributed by atoms with Crippen LogP contribution in [0.25, 0.3) is 44.2 Å². The van der Waals surface area contributed by atoms with Crippen LogP contribution in [0.1, 0.15) is 55.0 Å². The maximum Gasteiger partial charge on any atom is 0.407 e. The number of alkyl carbamates (subject to hydrolysis) is 1. The largest absolute Gasteiger partial charge is 0.488 e. The number of H-pyrrole nitrogens is 2. The first kappa shape index (κ1) is 27.6. The van der Waals surface area contributed by atoms with E-state index in [1.54, 1.807) is 4.90 Å². The molecule has 11 nitrogen and oxygen atoms in total. The Labute approximate surface area is 259 Å². The summed E-state index contributed by atoms with van der Waals surface area (Å²) < 4.78 is 10.9. The lowest BCUT2D eigenvalue weighted by Crippen LogP contribution is -2.40. The predicted octanol–water partition coefficient (Wildman–Crippen LogP) is 5.45. The quantitative estimate of drug-likeness (QED) is 0.243. The molecular formula is C34H35N7O4. The Balaban J connectivity index is 1.06. The third kappa shape index (κ3) is 4.78. The highest BCUT2D eigenvalue weighted by Crippen LogP contribution is 2.43. The molecule has 2 aromatic heterocycles. The summed E-state index contributed by atoms with van der Waals surface area (Å²) in [5.74, 6) is 2.50. The fourth-order valence-corrected chi connectivity index (χ4v) is 7.22. The molecule has 11 heteroatoms. The van der Waals surface area contributed by atoms with Crippen LogP contribution in [0.4, 0.5) is 4.79 Å². The molecule has 0 aliphatic carbocycles. The fourth-order valence-electron chi connectivity index (χ4n) is 7.22. The van der Waals surface area contributed by atoms with Crippen molar-refractivity contribution in [1.29, 1.82) is 0 Å². The van der Waals surface area contributed by atoms with E-state index in [4.69, 9.17) is 9.72 Å². The minimum atomic E-state index is -0.622. The van der Waals surface area contributed by atoms with E-state index in [0.717, 1.165) is 93.0 Å². The molecule has 3 aliphatic heterocycles. The summed E-state index contributed by atoms with van der Waals surface area (Å²) in [4.78, 5) is 45.1. The summed E-state index contributed by atoms with van der Waals surface area (Å²) in [5.41, 5.74) is 7.28. The summed E-state index contributed by atoms with van der Waals surface area (Å²) in [6.07, 6.45) is 5.20. The number of fused-ring (bicyclic) bond motifs is 6. The summed E-state index contributed by atoms with van der Waals surface area (Å²) in [5, 5.41) is 4.74. The van der Waals surface area contributed by atoms with Crippen molar-refractivity contribution in [3.8, 4) is 28.1 Å². The van der Waals surface area contributed by atoms with Crippen LogP contribution in [0.3, 0.4) is 0 Å². The van der Waals surface area contributed by atoms with Gasteiger partial charge in [-0.15, -0.1) is 0 Å². The molecule has 0 saturated carbocycles. The van der Waals surface area contributed by atoms with Crippen molar-refractivity contribution in [3.63, 3.8) is 0 Å². The van der Waals surface area contributed by atoms with Crippen molar-refractivity contribution in [2.24, 2.45) is 0 Å². The van der Waals surface area contributed by atoms with Gasteiger partial charge in [0.05, 0.1) is 42.1 Å². The molecule has 1 unspecified atom stereocenters. The Bertz CT molecular complexity index is 1960. The molecule has 2 fully saturated rings. The molecule has 2 atom stereocenters. The molecule has 0 radical (unpaired) electrons. The molecule has 3 aromatic carbocycles. The van der Waals surface area contributed by atoms with E-state index in [1.807, 2.05) is 6.20 Å². The second kappa shape index (κ2) is 10.9. The Morgan fingerprint density at radius 1 is 1.02 bits per heavy atom. The number of aromatic nitrogens is 4. The van der Waals surface area contributed by atoms with Gasteiger partial charge in [-0.2, -0.15) is 0 Å². The number of nitrogens with zero attached hydrogens (tertiary/aromatic N) is 4. The maximum absolute atomic E-state index is 12.8. The van der Waals surface area contributed by atoms with Crippen LogP contribution in [-0.2, 0) is 16.1 Å². The van der Waals surface area contributed by atoms with Gasteiger partial charge in [0.15, 0.2) is 0 Å². The molecule has 5 aromatic rings. The highest BCUT2D eigenvalue weighted by atomic mass is 16.5. The van der Waals surface area contributed by atoms with Gasteiger partial charge in [0.25, 0.3) is 0 Å². The number of aromatic amines is 2. The summed E-state index contributed by atoms with van der Waals surface area (Å²) in [6.45, 7) is 2.09. The van der Waals surface area contributed by atoms with Crippen molar-refractivity contribution in [3.05, 3.63) is 65.9 Å². The van der Waals surface area contributed by atoms with Crippen LogP contribution in [0, 0.1) is 0 Å². The van der Waals surface area contributed by atoms with E-state index in [2.05, 4.69) is 79.4 Å². The third-order valence-electron chi connectivity index (χ3n) is 9.57. The number of carbonyl (C=O) groups is 2. The van der Waals surface area contributed by atoms with Crippen molar-refractivity contribution in [2.45, 2.75) is 44.4 Å². The average Bonchev–Trinajstić information content (AvgIpc) is 3.88. The second-order valence-electron chi connectivity index (χ2n) is 12.2. The Kier molecular flexibility index (Phi) is 6.71. The fraction of sp³-hybridized carbons (Fsp3) is 0.353. The number of methoxy groups -OCH3 is 1. The molecule has 45 heavy (non-hydrogen) atoms. The van der Waals surface area contributed by atoms with Crippen LogP contribution in [0.15, 0.2) is 48.7 Å². The summed E-state index contributed by atoms with van der Waals surface area (Å²) in [7, 11) is 3.45. The molecule has 3 aliphatic rings. The molecule has 2 amide bonds. The minimum absolute atomic E-state index is 0.107. The number of rotatable bonds is 5. The highest BCUT2D eigenvalue weighted by molar-refractivity contribution is 6.07. The van der Waals surface area contributed by atoms with Gasteiger partial charge >= 0.3 is 6.09 Å². The van der Waals surface area contributed by atoms with Gasteiger partial charge in [-0.1, -0.05) is 18.2 Å². The molecule has 2 saturated heterocycles. The summed E-state index contributed by atoms with van der Waals surface area (Å²) >= 11 is 0. The van der Waals surface area contributed by atoms with Gasteiger partial charge < -0.3 is 29.7 Å². The van der Waals surface area contributed by atoms with Crippen molar-refractivity contribution in [1.82, 2.24) is 35.1 Å². The zero-order valence-corrected chi connectivity index (χ0v) is 25.4. The average molecular weight is 606 g/mol. The van der Waals surface area contributed by atoms with E-state index in [1.165, 1.54) is 13.5 Å². The molecular weight excluding hydrogens is 570 g/mol. The monoisotopic (exact) mass is 605 g/mol. The number of amides is 2. The zero-order chi connectivity index (χ0) is 30.7. The van der Waals surface area contributed by atoms with Gasteiger partial charge in [-0.25, -0.2) is 14.8 Å². The number of hydrogen-bond acceptors (Lipinski definition) is 7. The van der Waals surface area contributed by atoms with Gasteiger partial charge in [0.2, 0.25) is 5.91 Å². The van der Waals surface area contributed by atoms with E-state index >= 15 is 0 Å². The zero-order valence-electron chi connectivity index (χ0n) is 25.4. The smallest absolute Gasteiger partial charge is 0.407 e. The van der Waals surface area contributed by atoms with Gasteiger partial charge in [-0.3, -0.25) is 9.69 Å². The lowest BCUT2D eigenvalue weighted by atomic mass is 9.92. The van der Waals surface area contributed by atoms with Crippen LogP contribution >= 0.6 is 0 Å². The number of benzene rings is 3. The lowest BCUT2D eigenvalue weighted by Gasteiger charge is -2.23. The molecule has 3 N–H and O–H groups in total. The molecule has 230 valence electrons. The van der Waals surface area contributed by atoms with Crippen LogP contribution in [0.5, 0.6) is 5.75 Å². The van der Waals surface area contributed by atoms with Gasteiger partial charge in [-0.05, 0) is 85.6 Å². The SMILES string of the molecule is COC(=O)NCC(=O)N1CCCC1c1ncc(-c2ccc3c(c2)COc2cc4c(ccc5nc([C@@H]6CCCN6C)[nH]c54)cc2-3)[nH]1. The third-order valence-corrected chi connectivity index (χ3v) is 9.57. The van der Waals surface area contributed by atoms with Crippen LogP contribution in [-0.4, -0.2) is 75.5 Å². The topological polar surface area (TPSA) is 128 Å². The Hall–Kier alpha value is -4.90. The predicted molar refractivity (Wildman–Crippen MR) is 170 cm³/mol. The van der Waals surface area contributed by atoms with E-state index in [-0.39, 0.29) is 18.5 Å². The van der Waals surface area contributed by atoms with Crippen molar-refractivity contribution < 1.29 is 19.1 Å². The van der Waals surface area contributed by atoms with E-state index in [9.17, 15) is 9.59 Å². The number of hydrogen-bond donors (Lipinski definition) is 3. The first-order chi connectivity index (χ1) is 22.0. The maximum atomic E-state index is 12.8. The van der Waals surface area contributed by atoms with Crippen molar-refractivity contribution >= 4 is 33.8 Å². The second-order valence-corrected chi connectivity index (χ2v) is 12.2. The van der Waals surface area contributed by atoms with Gasteiger partial charge in [0, 0.05) is 17.5 Å². The first-order valence-electron chi connectivity index (χ1n) is 15.6. The minimum Gasteiger partial charge on any atom is -0.488 e. The number of nitrogens with one attached hydrogen (secondary N) is 3. The Morgan fingerprint density at radius 3 is 2.73 bits per heavy atom. The highest BCUT2D eigenvalue weighted by Gasteiger charge is 2.32. The summed E-state index contributed by atoms with van der Waals surface area (Å²) in [6, 6.07) is 15.2. The van der Waals surface area contributed by atoms with Crippen LogP contribution in [0.2, 0.25) is 0 Å². The molecule has 8 rings (SSSR count).